The molecular formula is C23H27NO3S. The zero-order valence-electron chi connectivity index (χ0n) is 16.9. The van der Waals surface area contributed by atoms with Crippen molar-refractivity contribution in [2.75, 3.05) is 0 Å². The summed E-state index contributed by atoms with van der Waals surface area (Å²) in [7, 11) is -3.08. The minimum absolute atomic E-state index is 0.109. The normalized spacial score (nSPS) is 11.9. The minimum Gasteiger partial charge on any atom is -0.445 e. The van der Waals surface area contributed by atoms with Crippen LogP contribution in [0.2, 0.25) is 0 Å². The van der Waals surface area contributed by atoms with Gasteiger partial charge in [-0.15, -0.1) is 0 Å². The van der Waals surface area contributed by atoms with Crippen molar-refractivity contribution in [1.29, 1.82) is 0 Å². The maximum absolute atomic E-state index is 12.2. The molecule has 3 rings (SSSR count). The maximum Gasteiger partial charge on any atom is 0.225 e. The molecule has 0 fully saturated rings. The molecule has 4 nitrogen and oxygen atoms in total. The highest BCUT2D eigenvalue weighted by Crippen LogP contribution is 2.23. The number of nitrogens with zero attached hydrogens (tertiary/aromatic N) is 1. The van der Waals surface area contributed by atoms with Gasteiger partial charge in [0.2, 0.25) is 5.89 Å². The monoisotopic (exact) mass is 397 g/mol. The highest BCUT2D eigenvalue weighted by Gasteiger charge is 2.18. The predicted octanol–water partition coefficient (Wildman–Crippen LogP) is 5.07. The van der Waals surface area contributed by atoms with Crippen molar-refractivity contribution in [3.63, 3.8) is 0 Å². The fraction of sp³-hybridized carbons (Fsp3) is 0.348. The molecule has 0 saturated heterocycles. The maximum atomic E-state index is 12.2. The summed E-state index contributed by atoms with van der Waals surface area (Å²) in [5.41, 5.74) is 6.64. The number of benzene rings is 2. The van der Waals surface area contributed by atoms with E-state index < -0.39 is 9.84 Å². The van der Waals surface area contributed by atoms with Crippen LogP contribution in [0.5, 0.6) is 0 Å². The van der Waals surface area contributed by atoms with E-state index in [-0.39, 0.29) is 11.0 Å². The van der Waals surface area contributed by atoms with E-state index in [0.717, 1.165) is 29.5 Å². The number of hydrogen-bond acceptors (Lipinski definition) is 4. The first kappa shape index (κ1) is 20.3. The first-order valence-corrected chi connectivity index (χ1v) is 11.3. The van der Waals surface area contributed by atoms with Crippen LogP contribution in [-0.2, 0) is 28.4 Å². The van der Waals surface area contributed by atoms with Gasteiger partial charge in [0.15, 0.2) is 9.84 Å². The quantitative estimate of drug-likeness (QED) is 0.559. The van der Waals surface area contributed by atoms with Crippen LogP contribution < -0.4 is 0 Å². The van der Waals surface area contributed by atoms with Gasteiger partial charge in [0, 0.05) is 5.56 Å². The van der Waals surface area contributed by atoms with Gasteiger partial charge in [-0.25, -0.2) is 13.4 Å². The molecule has 0 aliphatic carbocycles. The number of hydrogen-bond donors (Lipinski definition) is 0. The van der Waals surface area contributed by atoms with Gasteiger partial charge in [-0.1, -0.05) is 24.3 Å². The Morgan fingerprint density at radius 3 is 2.29 bits per heavy atom. The highest BCUT2D eigenvalue weighted by atomic mass is 32.2. The van der Waals surface area contributed by atoms with Crippen LogP contribution in [0, 0.1) is 13.8 Å². The summed E-state index contributed by atoms with van der Waals surface area (Å²) in [5.74, 6) is 0.746. The van der Waals surface area contributed by atoms with Crippen LogP contribution in [-0.4, -0.2) is 18.7 Å². The van der Waals surface area contributed by atoms with Gasteiger partial charge < -0.3 is 4.42 Å². The lowest BCUT2D eigenvalue weighted by atomic mass is 9.97. The van der Waals surface area contributed by atoms with Crippen molar-refractivity contribution >= 4 is 9.84 Å². The van der Waals surface area contributed by atoms with Crippen LogP contribution in [0.1, 0.15) is 41.7 Å². The topological polar surface area (TPSA) is 60.2 Å². The molecule has 148 valence electrons. The van der Waals surface area contributed by atoms with Gasteiger partial charge in [0.25, 0.3) is 0 Å². The Hall–Kier alpha value is -2.40. The summed E-state index contributed by atoms with van der Waals surface area (Å²) in [5, 5.41) is -0.353. The minimum atomic E-state index is -3.08. The van der Waals surface area contributed by atoms with E-state index >= 15 is 0 Å². The lowest BCUT2D eigenvalue weighted by Gasteiger charge is -2.12. The van der Waals surface area contributed by atoms with E-state index in [1.807, 2.05) is 19.1 Å². The van der Waals surface area contributed by atoms with Crippen molar-refractivity contribution in [3.8, 4) is 11.5 Å². The Labute approximate surface area is 167 Å². The van der Waals surface area contributed by atoms with E-state index in [0.29, 0.717) is 5.89 Å². The van der Waals surface area contributed by atoms with Crippen molar-refractivity contribution in [1.82, 2.24) is 4.98 Å². The number of oxazole rings is 1. The third-order valence-electron chi connectivity index (χ3n) is 5.19. The fourth-order valence-corrected chi connectivity index (χ4v) is 4.30. The fourth-order valence-electron chi connectivity index (χ4n) is 3.21. The molecule has 2 aromatic carbocycles. The van der Waals surface area contributed by atoms with Crippen molar-refractivity contribution in [2.45, 2.75) is 51.5 Å². The smallest absolute Gasteiger partial charge is 0.225 e. The third-order valence-corrected chi connectivity index (χ3v) is 7.34. The summed E-state index contributed by atoms with van der Waals surface area (Å²) in [6, 6.07) is 12.4. The Morgan fingerprint density at radius 2 is 1.68 bits per heavy atom. The van der Waals surface area contributed by atoms with Crippen molar-refractivity contribution < 1.29 is 12.8 Å². The molecule has 0 radical (unpaired) electrons. The van der Waals surface area contributed by atoms with E-state index in [2.05, 4.69) is 36.2 Å². The Kier molecular flexibility index (Phi) is 6.04. The average molecular weight is 398 g/mol. The Morgan fingerprint density at radius 1 is 0.964 bits per heavy atom. The molecule has 0 aliphatic rings. The molecule has 0 N–H and O–H groups in total. The molecule has 0 saturated carbocycles. The van der Waals surface area contributed by atoms with Gasteiger partial charge >= 0.3 is 0 Å². The Balaban J connectivity index is 1.69. The molecule has 3 aromatic rings. The molecular weight excluding hydrogens is 370 g/mol. The van der Waals surface area contributed by atoms with Crippen molar-refractivity contribution in [2.24, 2.45) is 0 Å². The predicted molar refractivity (Wildman–Crippen MR) is 113 cm³/mol. The summed E-state index contributed by atoms with van der Waals surface area (Å²) < 4.78 is 29.7. The molecule has 0 atom stereocenters. The second kappa shape index (κ2) is 8.31. The number of aryl methyl sites for hydroxylation is 4. The molecule has 0 amide bonds. The summed E-state index contributed by atoms with van der Waals surface area (Å²) in [6.45, 7) is 7.56. The van der Waals surface area contributed by atoms with E-state index in [4.69, 9.17) is 4.42 Å². The summed E-state index contributed by atoms with van der Waals surface area (Å²) in [6.07, 6.45) is 5.08. The highest BCUT2D eigenvalue weighted by molar-refractivity contribution is 7.91. The molecule has 5 heteroatoms. The van der Waals surface area contributed by atoms with E-state index in [1.54, 1.807) is 26.3 Å². The molecule has 1 heterocycles. The van der Waals surface area contributed by atoms with Gasteiger partial charge in [-0.3, -0.25) is 0 Å². The van der Waals surface area contributed by atoms with Gasteiger partial charge in [-0.2, -0.15) is 0 Å². The molecule has 28 heavy (non-hydrogen) atoms. The first-order valence-electron chi connectivity index (χ1n) is 9.55. The average Bonchev–Trinajstić information content (AvgIpc) is 3.17. The largest absolute Gasteiger partial charge is 0.445 e. The van der Waals surface area contributed by atoms with Crippen LogP contribution in [0.4, 0.5) is 0 Å². The lowest BCUT2D eigenvalue weighted by Crippen LogP contribution is -2.16. The first-order chi connectivity index (χ1) is 13.3. The summed E-state index contributed by atoms with van der Waals surface area (Å²) >= 11 is 0. The van der Waals surface area contributed by atoms with Crippen LogP contribution in [0.15, 0.2) is 53.3 Å². The number of rotatable bonds is 7. The zero-order valence-corrected chi connectivity index (χ0v) is 17.7. The van der Waals surface area contributed by atoms with Gasteiger partial charge in [-0.05, 0) is 80.5 Å². The van der Waals surface area contributed by atoms with Crippen LogP contribution in [0.25, 0.3) is 11.5 Å². The molecule has 1 aromatic heterocycles. The second-order valence-electron chi connectivity index (χ2n) is 7.60. The molecule has 0 bridgehead atoms. The molecule has 0 spiro atoms. The van der Waals surface area contributed by atoms with Crippen molar-refractivity contribution in [3.05, 3.63) is 76.7 Å². The Bertz CT molecular complexity index is 1050. The van der Waals surface area contributed by atoms with Gasteiger partial charge in [0.1, 0.15) is 6.26 Å². The van der Waals surface area contributed by atoms with Crippen LogP contribution >= 0.6 is 0 Å². The number of sulfone groups is 1. The van der Waals surface area contributed by atoms with E-state index in [9.17, 15) is 8.42 Å². The number of aromatic nitrogens is 1. The van der Waals surface area contributed by atoms with Gasteiger partial charge in [0.05, 0.1) is 17.2 Å². The van der Waals surface area contributed by atoms with E-state index in [1.165, 1.54) is 16.7 Å². The third kappa shape index (κ3) is 4.71. The molecule has 0 unspecified atom stereocenters. The van der Waals surface area contributed by atoms with Crippen LogP contribution in [0.3, 0.4) is 0 Å². The zero-order chi connectivity index (χ0) is 20.3. The summed E-state index contributed by atoms with van der Waals surface area (Å²) in [4.78, 5) is 4.20. The molecule has 0 aliphatic heterocycles. The second-order valence-corrected chi connectivity index (χ2v) is 10.2. The SMILES string of the molecule is Cc1cc(-c2ncco2)ccc1CCc1ccc(CS(=O)(=O)C(C)C)c(C)c1. The standard InChI is InChI=1S/C23H27NO3S/c1-16(2)28(25,26)15-22-8-6-19(13-17(22)3)5-7-20-9-10-21(14-18(20)4)23-24-11-12-27-23/h6,8-14,16H,5,7,15H2,1-4H3. The lowest BCUT2D eigenvalue weighted by molar-refractivity contribution is 0.574.